The Labute approximate surface area is 182 Å². The normalized spacial score (nSPS) is 12.3. The van der Waals surface area contributed by atoms with Crippen LogP contribution in [0.4, 0.5) is 28.9 Å². The molecule has 3 aromatic rings. The van der Waals surface area contributed by atoms with Crippen LogP contribution in [0.2, 0.25) is 0 Å². The Kier molecular flexibility index (Phi) is 6.15. The van der Waals surface area contributed by atoms with Crippen molar-refractivity contribution in [2.24, 2.45) is 0 Å². The molecule has 0 aliphatic heterocycles. The Bertz CT molecular complexity index is 1310. The first kappa shape index (κ1) is 23.4. The van der Waals surface area contributed by atoms with Crippen LogP contribution in [0.3, 0.4) is 0 Å². The summed E-state index contributed by atoms with van der Waals surface area (Å²) >= 11 is 0. The third-order valence-corrected chi connectivity index (χ3v) is 4.58. The molecule has 1 amide bonds. The molecular weight excluding hydrogens is 450 g/mol. The molecule has 3 rings (SSSR count). The van der Waals surface area contributed by atoms with Gasteiger partial charge in [-0.3, -0.25) is 19.7 Å². The monoisotopic (exact) mass is 465 g/mol. The van der Waals surface area contributed by atoms with Crippen molar-refractivity contribution in [3.05, 3.63) is 91.6 Å². The van der Waals surface area contributed by atoms with Crippen LogP contribution in [-0.2, 0) is 6.18 Å². The number of amides is 1. The van der Waals surface area contributed by atoms with E-state index in [1.807, 2.05) is 0 Å². The van der Waals surface area contributed by atoms with E-state index < -0.39 is 51.4 Å². The van der Waals surface area contributed by atoms with Gasteiger partial charge < -0.3 is 11.1 Å². The first-order valence-electron chi connectivity index (χ1n) is 9.20. The number of anilines is 1. The molecule has 0 spiro atoms. The average Bonchev–Trinajstić information content (AvgIpc) is 2.73. The third-order valence-electron chi connectivity index (χ3n) is 4.58. The van der Waals surface area contributed by atoms with Gasteiger partial charge in [-0.1, -0.05) is 12.1 Å². The predicted octanol–water partition coefficient (Wildman–Crippen LogP) is 3.37. The van der Waals surface area contributed by atoms with E-state index in [-0.39, 0.29) is 16.9 Å². The lowest BCUT2D eigenvalue weighted by atomic mass is 10.0. The second kappa shape index (κ2) is 8.68. The number of rotatable bonds is 5. The van der Waals surface area contributed by atoms with Crippen molar-refractivity contribution < 1.29 is 27.3 Å². The summed E-state index contributed by atoms with van der Waals surface area (Å²) in [5.41, 5.74) is 1.49. The molecule has 172 valence electrons. The van der Waals surface area contributed by atoms with Gasteiger partial charge in [-0.15, -0.1) is 0 Å². The second-order valence-corrected chi connectivity index (χ2v) is 6.91. The molecular formula is C20H15F4N5O4. The topological polar surface area (TPSA) is 133 Å². The highest BCUT2D eigenvalue weighted by Crippen LogP contribution is 2.34. The van der Waals surface area contributed by atoms with E-state index in [0.29, 0.717) is 16.8 Å². The van der Waals surface area contributed by atoms with Crippen LogP contribution in [-0.4, -0.2) is 20.6 Å². The molecule has 13 heteroatoms. The van der Waals surface area contributed by atoms with Gasteiger partial charge in [0.2, 0.25) is 0 Å². The van der Waals surface area contributed by atoms with Gasteiger partial charge >= 0.3 is 6.18 Å². The maximum absolute atomic E-state index is 14.1. The molecule has 2 aromatic carbocycles. The molecule has 33 heavy (non-hydrogen) atoms. The first-order chi connectivity index (χ1) is 15.4. The van der Waals surface area contributed by atoms with Crippen molar-refractivity contribution in [1.29, 1.82) is 0 Å². The third kappa shape index (κ3) is 4.97. The molecule has 0 aliphatic carbocycles. The van der Waals surface area contributed by atoms with Gasteiger partial charge in [0, 0.05) is 18.2 Å². The predicted molar refractivity (Wildman–Crippen MR) is 108 cm³/mol. The van der Waals surface area contributed by atoms with Gasteiger partial charge in [-0.2, -0.15) is 23.0 Å². The molecule has 0 saturated heterocycles. The Morgan fingerprint density at radius 3 is 2.48 bits per heavy atom. The number of hydrogen-bond donors (Lipinski definition) is 2. The Hall–Kier alpha value is -4.29. The molecule has 3 N–H and O–H groups in total. The van der Waals surface area contributed by atoms with Crippen LogP contribution in [0.25, 0.3) is 5.69 Å². The minimum atomic E-state index is -4.86. The lowest BCUT2D eigenvalue weighted by Crippen LogP contribution is -2.32. The fourth-order valence-electron chi connectivity index (χ4n) is 2.94. The van der Waals surface area contributed by atoms with E-state index in [1.54, 1.807) is 0 Å². The van der Waals surface area contributed by atoms with E-state index in [2.05, 4.69) is 10.4 Å². The van der Waals surface area contributed by atoms with E-state index in [4.69, 9.17) is 5.73 Å². The number of nitrogens with two attached hydrogens (primary N) is 1. The summed E-state index contributed by atoms with van der Waals surface area (Å²) in [6.07, 6.45) is -4.86. The van der Waals surface area contributed by atoms with Gasteiger partial charge in [0.25, 0.3) is 17.2 Å². The van der Waals surface area contributed by atoms with E-state index in [0.717, 1.165) is 18.2 Å². The number of nitrogen functional groups attached to an aromatic ring is 1. The van der Waals surface area contributed by atoms with Crippen molar-refractivity contribution in [3.63, 3.8) is 0 Å². The molecule has 1 heterocycles. The van der Waals surface area contributed by atoms with E-state index in [1.165, 1.54) is 25.1 Å². The van der Waals surface area contributed by atoms with Crippen LogP contribution in [0, 0.1) is 15.9 Å². The maximum Gasteiger partial charge on any atom is 0.416 e. The highest BCUT2D eigenvalue weighted by atomic mass is 19.4. The summed E-state index contributed by atoms with van der Waals surface area (Å²) in [4.78, 5) is 35.0. The van der Waals surface area contributed by atoms with Gasteiger partial charge in [0.05, 0.1) is 22.2 Å². The van der Waals surface area contributed by atoms with Crippen molar-refractivity contribution in [1.82, 2.24) is 15.1 Å². The van der Waals surface area contributed by atoms with Crippen LogP contribution < -0.4 is 16.6 Å². The quantitative estimate of drug-likeness (QED) is 0.337. The number of nitrogens with one attached hydrogen (secondary N) is 1. The Morgan fingerprint density at radius 1 is 1.21 bits per heavy atom. The zero-order valence-corrected chi connectivity index (χ0v) is 16.8. The summed E-state index contributed by atoms with van der Waals surface area (Å²) in [6, 6.07) is 6.75. The molecule has 0 radical (unpaired) electrons. The number of benzene rings is 2. The smallest absolute Gasteiger partial charge is 0.397 e. The summed E-state index contributed by atoms with van der Waals surface area (Å²) in [7, 11) is 0. The highest BCUT2D eigenvalue weighted by molar-refractivity contribution is 5.97. The minimum absolute atomic E-state index is 0.203. The minimum Gasteiger partial charge on any atom is -0.397 e. The van der Waals surface area contributed by atoms with Crippen molar-refractivity contribution in [2.45, 2.75) is 19.1 Å². The summed E-state index contributed by atoms with van der Waals surface area (Å²) in [5.74, 6) is -1.79. The number of halogens is 4. The number of non-ortho nitro benzene ring substituents is 1. The Balaban J connectivity index is 1.97. The number of carbonyl (C=O) groups is 1. The lowest BCUT2D eigenvalue weighted by molar-refractivity contribution is -0.385. The molecule has 1 unspecified atom stereocenters. The fourth-order valence-corrected chi connectivity index (χ4v) is 2.94. The standard InChI is InChI=1S/C20H15F4N5O4/c1-10(11-6-12(20(22,23)24)8-13(7-11)29(32)33)26-19(31)18-15(25)9-17(30)28(27-18)16-5-3-2-4-14(16)21/h2-10H,25H2,1H3,(H,26,31). The summed E-state index contributed by atoms with van der Waals surface area (Å²) in [6.45, 7) is 1.29. The molecule has 1 atom stereocenters. The zero-order valence-electron chi connectivity index (χ0n) is 16.8. The second-order valence-electron chi connectivity index (χ2n) is 6.91. The zero-order chi connectivity index (χ0) is 24.5. The van der Waals surface area contributed by atoms with Crippen LogP contribution in [0.1, 0.15) is 34.6 Å². The largest absolute Gasteiger partial charge is 0.416 e. The number of carbonyl (C=O) groups excluding carboxylic acids is 1. The van der Waals surface area contributed by atoms with E-state index >= 15 is 0 Å². The fraction of sp³-hybridized carbons (Fsp3) is 0.150. The number of aromatic nitrogens is 2. The van der Waals surface area contributed by atoms with Crippen LogP contribution in [0.15, 0.2) is 53.3 Å². The molecule has 9 nitrogen and oxygen atoms in total. The van der Waals surface area contributed by atoms with Crippen LogP contribution >= 0.6 is 0 Å². The number of hydrogen-bond acceptors (Lipinski definition) is 6. The average molecular weight is 465 g/mol. The molecule has 0 saturated carbocycles. The number of nitro benzene ring substituents is 1. The van der Waals surface area contributed by atoms with Crippen molar-refractivity contribution >= 4 is 17.3 Å². The van der Waals surface area contributed by atoms with Gasteiger partial charge in [-0.05, 0) is 30.7 Å². The summed E-state index contributed by atoms with van der Waals surface area (Å²) in [5, 5.41) is 17.2. The first-order valence-corrected chi connectivity index (χ1v) is 9.20. The SMILES string of the molecule is CC(NC(=O)c1nn(-c2ccccc2F)c(=O)cc1N)c1cc([N+](=O)[O-])cc(C(F)(F)F)c1. The molecule has 1 aromatic heterocycles. The highest BCUT2D eigenvalue weighted by Gasteiger charge is 2.33. The van der Waals surface area contributed by atoms with Crippen molar-refractivity contribution in [2.75, 3.05) is 5.73 Å². The number of nitro groups is 1. The number of para-hydroxylation sites is 1. The maximum atomic E-state index is 14.1. The number of nitrogens with zero attached hydrogens (tertiary/aromatic N) is 3. The summed E-state index contributed by atoms with van der Waals surface area (Å²) < 4.78 is 54.1. The van der Waals surface area contributed by atoms with Crippen molar-refractivity contribution in [3.8, 4) is 5.69 Å². The van der Waals surface area contributed by atoms with E-state index in [9.17, 15) is 37.3 Å². The Morgan fingerprint density at radius 2 is 1.88 bits per heavy atom. The van der Waals surface area contributed by atoms with Gasteiger partial charge in [-0.25, -0.2) is 4.39 Å². The van der Waals surface area contributed by atoms with Crippen LogP contribution in [0.5, 0.6) is 0 Å². The number of alkyl halides is 3. The molecule has 0 bridgehead atoms. The van der Waals surface area contributed by atoms with Gasteiger partial charge in [0.15, 0.2) is 5.69 Å². The molecule has 0 aliphatic rings. The lowest BCUT2D eigenvalue weighted by Gasteiger charge is -2.17. The van der Waals surface area contributed by atoms with Gasteiger partial charge in [0.1, 0.15) is 11.5 Å². The molecule has 0 fully saturated rings.